The van der Waals surface area contributed by atoms with Crippen LogP contribution in [-0.2, 0) is 19.6 Å². The van der Waals surface area contributed by atoms with E-state index in [1.54, 1.807) is 0 Å². The van der Waals surface area contributed by atoms with Crippen molar-refractivity contribution in [2.24, 2.45) is 0 Å². The summed E-state index contributed by atoms with van der Waals surface area (Å²) in [5, 5.41) is 3.01. The monoisotopic (exact) mass is 387 g/mol. The highest BCUT2D eigenvalue weighted by Crippen LogP contribution is 2.33. The van der Waals surface area contributed by atoms with E-state index < -0.39 is 0 Å². The van der Waals surface area contributed by atoms with Gasteiger partial charge in [-0.2, -0.15) is 0 Å². The first kappa shape index (κ1) is 17.2. The topological polar surface area (TPSA) is 53.4 Å². The number of nitrogens with zero attached hydrogens (tertiary/aromatic N) is 4. The zero-order chi connectivity index (χ0) is 19.4. The van der Waals surface area contributed by atoms with E-state index in [2.05, 4.69) is 50.0 Å². The molecule has 6 heteroatoms. The molecule has 3 aliphatic rings. The van der Waals surface area contributed by atoms with Crippen molar-refractivity contribution in [2.75, 3.05) is 19.6 Å². The molecule has 2 unspecified atom stereocenters. The molecule has 6 rings (SSSR count). The maximum absolute atomic E-state index is 12.4. The molecule has 3 aliphatic heterocycles. The third kappa shape index (κ3) is 2.86. The first-order chi connectivity index (χ1) is 14.3. The Balaban J connectivity index is 1.22. The van der Waals surface area contributed by atoms with Crippen LogP contribution >= 0.6 is 0 Å². The van der Waals surface area contributed by atoms with E-state index in [-0.39, 0.29) is 5.91 Å². The van der Waals surface area contributed by atoms with Gasteiger partial charge in [0.25, 0.3) is 5.91 Å². The van der Waals surface area contributed by atoms with E-state index >= 15 is 0 Å². The van der Waals surface area contributed by atoms with Crippen LogP contribution in [0.25, 0.3) is 11.0 Å². The molecule has 2 bridgehead atoms. The Bertz CT molecular complexity index is 1080. The predicted octanol–water partition coefficient (Wildman–Crippen LogP) is 2.24. The minimum Gasteiger partial charge on any atom is -0.350 e. The molecule has 148 valence electrons. The van der Waals surface area contributed by atoms with Crippen LogP contribution in [-0.4, -0.2) is 57.0 Å². The largest absolute Gasteiger partial charge is 0.350 e. The summed E-state index contributed by atoms with van der Waals surface area (Å²) in [6, 6.07) is 17.9. The van der Waals surface area contributed by atoms with E-state index in [1.807, 2.05) is 18.2 Å². The molecule has 2 fully saturated rings. The fraction of sp³-hybridized carbons (Fsp3) is 0.391. The number of rotatable bonds is 4. The highest BCUT2D eigenvalue weighted by atomic mass is 16.1. The van der Waals surface area contributed by atoms with Gasteiger partial charge in [-0.25, -0.2) is 4.98 Å². The number of para-hydroxylation sites is 1. The number of amides is 1. The van der Waals surface area contributed by atoms with Gasteiger partial charge in [0, 0.05) is 44.8 Å². The number of piperazine rings is 1. The van der Waals surface area contributed by atoms with E-state index in [4.69, 9.17) is 4.98 Å². The van der Waals surface area contributed by atoms with Crippen molar-refractivity contribution >= 4 is 16.9 Å². The van der Waals surface area contributed by atoms with Gasteiger partial charge in [-0.05, 0) is 24.1 Å². The fourth-order valence-corrected chi connectivity index (χ4v) is 5.37. The van der Waals surface area contributed by atoms with E-state index in [9.17, 15) is 4.79 Å². The minimum atomic E-state index is 0.0117. The molecule has 3 aromatic rings. The second-order valence-electron chi connectivity index (χ2n) is 8.50. The Morgan fingerprint density at radius 2 is 1.76 bits per heavy atom. The van der Waals surface area contributed by atoms with E-state index in [1.165, 1.54) is 12.0 Å². The average molecular weight is 387 g/mol. The van der Waals surface area contributed by atoms with Crippen molar-refractivity contribution in [1.82, 2.24) is 24.7 Å². The van der Waals surface area contributed by atoms with Crippen LogP contribution in [0.3, 0.4) is 0 Å². The number of hydrogen-bond donors (Lipinski definition) is 1. The van der Waals surface area contributed by atoms with Gasteiger partial charge in [0.05, 0.1) is 23.1 Å². The highest BCUT2D eigenvalue weighted by molar-refractivity contribution is 6.05. The molecule has 1 aromatic heterocycles. The van der Waals surface area contributed by atoms with Crippen LogP contribution in [0.2, 0.25) is 0 Å². The Hall–Kier alpha value is -2.70. The molecule has 1 amide bonds. The number of benzene rings is 2. The zero-order valence-corrected chi connectivity index (χ0v) is 16.4. The lowest BCUT2D eigenvalue weighted by molar-refractivity contribution is 0.0956. The Labute approximate surface area is 170 Å². The number of nitrogens with one attached hydrogen (secondary N) is 1. The highest BCUT2D eigenvalue weighted by Gasteiger charge is 2.43. The van der Waals surface area contributed by atoms with Crippen molar-refractivity contribution < 1.29 is 4.79 Å². The second-order valence-corrected chi connectivity index (χ2v) is 8.50. The molecular weight excluding hydrogens is 362 g/mol. The number of likely N-dealkylation sites (tertiary alicyclic amines) is 2. The number of imidazole rings is 1. The van der Waals surface area contributed by atoms with Crippen LogP contribution in [0, 0.1) is 0 Å². The minimum absolute atomic E-state index is 0.0117. The molecule has 2 atom stereocenters. The third-order valence-electron chi connectivity index (χ3n) is 6.75. The molecular formula is C23H25N5O. The normalized spacial score (nSPS) is 24.2. The van der Waals surface area contributed by atoms with Gasteiger partial charge in [-0.15, -0.1) is 0 Å². The van der Waals surface area contributed by atoms with Crippen LogP contribution < -0.4 is 5.32 Å². The lowest BCUT2D eigenvalue weighted by Crippen LogP contribution is -2.45. The second kappa shape index (κ2) is 6.68. The summed E-state index contributed by atoms with van der Waals surface area (Å²) in [7, 11) is 0. The summed E-state index contributed by atoms with van der Waals surface area (Å²) >= 11 is 0. The van der Waals surface area contributed by atoms with Crippen molar-refractivity contribution in [3.63, 3.8) is 0 Å². The number of fused-ring (bicyclic) bond motifs is 2. The van der Waals surface area contributed by atoms with Crippen LogP contribution in [0.5, 0.6) is 0 Å². The fourth-order valence-electron chi connectivity index (χ4n) is 5.37. The zero-order valence-electron chi connectivity index (χ0n) is 16.4. The molecule has 0 saturated carbocycles. The summed E-state index contributed by atoms with van der Waals surface area (Å²) in [6.07, 6.45) is 1.25. The summed E-state index contributed by atoms with van der Waals surface area (Å²) in [4.78, 5) is 22.5. The van der Waals surface area contributed by atoms with Crippen LogP contribution in [0.4, 0.5) is 0 Å². The number of carbonyl (C=O) groups is 1. The first-order valence-electron chi connectivity index (χ1n) is 10.5. The van der Waals surface area contributed by atoms with E-state index in [0.29, 0.717) is 18.6 Å². The molecule has 0 spiro atoms. The quantitative estimate of drug-likeness (QED) is 0.746. The maximum Gasteiger partial charge on any atom is 0.253 e. The molecule has 29 heavy (non-hydrogen) atoms. The van der Waals surface area contributed by atoms with Gasteiger partial charge < -0.3 is 9.88 Å². The molecule has 0 aliphatic carbocycles. The molecule has 2 aromatic carbocycles. The average Bonchev–Trinajstić information content (AvgIpc) is 3.38. The van der Waals surface area contributed by atoms with Gasteiger partial charge >= 0.3 is 0 Å². The summed E-state index contributed by atoms with van der Waals surface area (Å²) in [6.45, 7) is 5.59. The third-order valence-corrected chi connectivity index (χ3v) is 6.75. The van der Waals surface area contributed by atoms with E-state index in [0.717, 1.165) is 55.1 Å². The van der Waals surface area contributed by atoms with Gasteiger partial charge in [0.1, 0.15) is 5.82 Å². The lowest BCUT2D eigenvalue weighted by Gasteiger charge is -2.34. The molecule has 6 nitrogen and oxygen atoms in total. The van der Waals surface area contributed by atoms with Gasteiger partial charge in [0.2, 0.25) is 0 Å². The van der Waals surface area contributed by atoms with Gasteiger partial charge in [0.15, 0.2) is 0 Å². The van der Waals surface area contributed by atoms with Crippen LogP contribution in [0.15, 0.2) is 48.5 Å². The molecule has 1 N–H and O–H groups in total. The summed E-state index contributed by atoms with van der Waals surface area (Å²) in [5.41, 5.74) is 4.07. The van der Waals surface area contributed by atoms with Crippen LogP contribution in [0.1, 0.15) is 28.2 Å². The number of aromatic nitrogens is 2. The van der Waals surface area contributed by atoms with Crippen molar-refractivity contribution in [3.8, 4) is 0 Å². The first-order valence-corrected chi connectivity index (χ1v) is 10.5. The summed E-state index contributed by atoms with van der Waals surface area (Å²) < 4.78 is 2.26. The van der Waals surface area contributed by atoms with Crippen molar-refractivity contribution in [1.29, 1.82) is 0 Å². The summed E-state index contributed by atoms with van der Waals surface area (Å²) in [5.74, 6) is 1.10. The molecule has 0 radical (unpaired) electrons. The molecule has 2 saturated heterocycles. The Morgan fingerprint density at radius 1 is 0.966 bits per heavy atom. The Kier molecular flexibility index (Phi) is 3.96. The van der Waals surface area contributed by atoms with Crippen molar-refractivity contribution in [2.45, 2.75) is 38.1 Å². The number of carbonyl (C=O) groups excluding carboxylic acids is 1. The smallest absolute Gasteiger partial charge is 0.253 e. The standard InChI is InChI=1S/C23H25N5O/c29-23-19-7-4-8-20-22(19)28(10-9-24-23)21(25-20)15-27-14-17-11-18(27)13-26(17)12-16-5-2-1-3-6-16/h1-8,17-18H,9-15H2,(H,24,29). The van der Waals surface area contributed by atoms with Gasteiger partial charge in [-0.1, -0.05) is 36.4 Å². The van der Waals surface area contributed by atoms with Crippen molar-refractivity contribution in [3.05, 3.63) is 65.5 Å². The molecule has 4 heterocycles. The lowest BCUT2D eigenvalue weighted by atomic mass is 10.2. The van der Waals surface area contributed by atoms with Gasteiger partial charge in [-0.3, -0.25) is 14.6 Å². The predicted molar refractivity (Wildman–Crippen MR) is 112 cm³/mol. The Morgan fingerprint density at radius 3 is 2.55 bits per heavy atom. The SMILES string of the molecule is O=C1NCCn2c(CN3CC4CC3CN4Cc3ccccc3)nc3cccc1c32. The maximum atomic E-state index is 12.4. The number of hydrogen-bond acceptors (Lipinski definition) is 4.